The van der Waals surface area contributed by atoms with E-state index in [4.69, 9.17) is 9.47 Å². The zero-order chi connectivity index (χ0) is 22.9. The van der Waals surface area contributed by atoms with Crippen LogP contribution in [0.2, 0.25) is 0 Å². The normalized spacial score (nSPS) is 21.8. The third kappa shape index (κ3) is 4.77. The van der Waals surface area contributed by atoms with Gasteiger partial charge in [0.2, 0.25) is 0 Å². The van der Waals surface area contributed by atoms with Gasteiger partial charge in [-0.25, -0.2) is 12.8 Å². The Kier molecular flexibility index (Phi) is 6.74. The van der Waals surface area contributed by atoms with Crippen LogP contribution in [0, 0.1) is 17.7 Å². The maximum atomic E-state index is 13.8. The van der Waals surface area contributed by atoms with E-state index in [-0.39, 0.29) is 29.1 Å². The molecule has 0 aromatic heterocycles. The molecule has 0 radical (unpaired) electrons. The maximum Gasteiger partial charge on any atom is 0.264 e. The molecule has 2 atom stereocenters. The first-order valence-corrected chi connectivity index (χ1v) is 12.5. The Morgan fingerprint density at radius 1 is 1.16 bits per heavy atom. The fourth-order valence-corrected chi connectivity index (χ4v) is 6.08. The van der Waals surface area contributed by atoms with Crippen molar-refractivity contribution in [2.45, 2.75) is 50.2 Å². The van der Waals surface area contributed by atoms with Gasteiger partial charge in [0.25, 0.3) is 10.0 Å². The van der Waals surface area contributed by atoms with Crippen LogP contribution in [0.25, 0.3) is 0 Å². The van der Waals surface area contributed by atoms with Crippen LogP contribution in [-0.2, 0) is 14.8 Å². The van der Waals surface area contributed by atoms with Crippen molar-refractivity contribution in [2.75, 3.05) is 24.1 Å². The van der Waals surface area contributed by atoms with Crippen molar-refractivity contribution in [3.05, 3.63) is 53.8 Å². The lowest BCUT2D eigenvalue weighted by Crippen LogP contribution is -2.36. The van der Waals surface area contributed by atoms with Gasteiger partial charge in [0.15, 0.2) is 0 Å². The van der Waals surface area contributed by atoms with Gasteiger partial charge in [0.05, 0.1) is 16.7 Å². The van der Waals surface area contributed by atoms with E-state index < -0.39 is 21.9 Å². The minimum atomic E-state index is -3.97. The van der Waals surface area contributed by atoms with Crippen molar-refractivity contribution >= 4 is 15.7 Å². The van der Waals surface area contributed by atoms with Gasteiger partial charge in [0.1, 0.15) is 17.7 Å². The third-order valence-electron chi connectivity index (χ3n) is 6.08. The molecular weight excluding hydrogens is 433 g/mol. The number of ether oxygens (including phenoxy) is 2. The average Bonchev–Trinajstić information content (AvgIpc) is 2.77. The fraction of sp³-hybridized carbons (Fsp3) is 0.500. The Morgan fingerprint density at radius 3 is 2.59 bits per heavy atom. The molecule has 2 aromatic carbocycles. The van der Waals surface area contributed by atoms with E-state index in [9.17, 15) is 17.9 Å². The monoisotopic (exact) mass is 463 g/mol. The largest absolute Gasteiger partial charge is 0.490 e. The topological polar surface area (TPSA) is 76.1 Å². The predicted molar refractivity (Wildman–Crippen MR) is 120 cm³/mol. The molecule has 1 saturated heterocycles. The number of hydrogen-bond donors (Lipinski definition) is 1. The van der Waals surface area contributed by atoms with E-state index in [0.29, 0.717) is 36.9 Å². The van der Waals surface area contributed by atoms with Crippen LogP contribution in [0.1, 0.15) is 44.8 Å². The zero-order valence-electron chi connectivity index (χ0n) is 18.4. The van der Waals surface area contributed by atoms with E-state index in [2.05, 4.69) is 0 Å². The highest BCUT2D eigenvalue weighted by Crippen LogP contribution is 2.40. The molecule has 1 fully saturated rings. The van der Waals surface area contributed by atoms with Crippen LogP contribution in [0.5, 0.6) is 5.75 Å². The molecule has 1 N–H and O–H groups in total. The standard InChI is InChI=1S/C24H30FNO5S/c1-16(2)15-26(19-5-3-4-18(25)12-19)32(28,29)20-6-7-23-21(13-20)22(27)14-24(31-23)17-8-10-30-11-9-17/h3-7,12-13,16-17,22,24,27H,8-11,14-15H2,1-2H3. The Hall–Kier alpha value is -2.16. The molecule has 2 heterocycles. The van der Waals surface area contributed by atoms with Gasteiger partial charge in [-0.05, 0) is 55.2 Å². The predicted octanol–water partition coefficient (Wildman–Crippen LogP) is 4.29. The second-order valence-corrected chi connectivity index (χ2v) is 10.8. The highest BCUT2D eigenvalue weighted by Gasteiger charge is 2.35. The van der Waals surface area contributed by atoms with Gasteiger partial charge in [-0.15, -0.1) is 0 Å². The van der Waals surface area contributed by atoms with Gasteiger partial charge < -0.3 is 14.6 Å². The van der Waals surface area contributed by atoms with Crippen LogP contribution in [0.15, 0.2) is 47.4 Å². The van der Waals surface area contributed by atoms with Crippen LogP contribution in [-0.4, -0.2) is 39.4 Å². The number of nitrogens with zero attached hydrogens (tertiary/aromatic N) is 1. The number of aliphatic hydroxyl groups excluding tert-OH is 1. The first-order chi connectivity index (χ1) is 15.3. The maximum absolute atomic E-state index is 13.8. The lowest BCUT2D eigenvalue weighted by Gasteiger charge is -2.36. The van der Waals surface area contributed by atoms with Gasteiger partial charge >= 0.3 is 0 Å². The molecule has 174 valence electrons. The van der Waals surface area contributed by atoms with Gasteiger partial charge in [-0.3, -0.25) is 4.31 Å². The quantitative estimate of drug-likeness (QED) is 0.692. The van der Waals surface area contributed by atoms with Crippen LogP contribution < -0.4 is 9.04 Å². The highest BCUT2D eigenvalue weighted by atomic mass is 32.2. The molecule has 8 heteroatoms. The van der Waals surface area contributed by atoms with E-state index >= 15 is 0 Å². The summed E-state index contributed by atoms with van der Waals surface area (Å²) in [7, 11) is -3.97. The number of rotatable bonds is 6. The smallest absolute Gasteiger partial charge is 0.264 e. The minimum Gasteiger partial charge on any atom is -0.490 e. The average molecular weight is 464 g/mol. The van der Waals surface area contributed by atoms with Crippen LogP contribution in [0.4, 0.5) is 10.1 Å². The first-order valence-electron chi connectivity index (χ1n) is 11.1. The Bertz CT molecular complexity index is 1050. The summed E-state index contributed by atoms with van der Waals surface area (Å²) >= 11 is 0. The molecular formula is C24H30FNO5S. The molecule has 32 heavy (non-hydrogen) atoms. The van der Waals surface area contributed by atoms with Gasteiger partial charge in [-0.2, -0.15) is 0 Å². The molecule has 2 aliphatic heterocycles. The SMILES string of the molecule is CC(C)CN(c1cccc(F)c1)S(=O)(=O)c1ccc2c(c1)C(O)CC(C1CCOCC1)O2. The number of aliphatic hydroxyl groups is 1. The lowest BCUT2D eigenvalue weighted by molar-refractivity contribution is -0.0151. The zero-order valence-corrected chi connectivity index (χ0v) is 19.2. The summed E-state index contributed by atoms with van der Waals surface area (Å²) in [5, 5.41) is 10.8. The Morgan fingerprint density at radius 2 is 1.91 bits per heavy atom. The summed E-state index contributed by atoms with van der Waals surface area (Å²) in [6.07, 6.45) is 1.26. The molecule has 0 saturated carbocycles. The minimum absolute atomic E-state index is 0.0276. The third-order valence-corrected chi connectivity index (χ3v) is 7.87. The number of halogens is 1. The molecule has 2 unspecified atom stereocenters. The molecule has 2 aromatic rings. The number of anilines is 1. The molecule has 0 spiro atoms. The summed E-state index contributed by atoms with van der Waals surface area (Å²) in [5.41, 5.74) is 0.742. The van der Waals surface area contributed by atoms with Crippen LogP contribution >= 0.6 is 0 Å². The second kappa shape index (κ2) is 9.37. The summed E-state index contributed by atoms with van der Waals surface area (Å²) in [5.74, 6) is 0.351. The second-order valence-electron chi connectivity index (χ2n) is 8.97. The summed E-state index contributed by atoms with van der Waals surface area (Å²) in [6.45, 7) is 5.39. The summed E-state index contributed by atoms with van der Waals surface area (Å²) < 4.78 is 53.8. The Labute approximate surface area is 189 Å². The molecule has 6 nitrogen and oxygen atoms in total. The number of benzene rings is 2. The van der Waals surface area contributed by atoms with E-state index in [1.165, 1.54) is 34.6 Å². The van der Waals surface area contributed by atoms with Crippen molar-refractivity contribution in [1.82, 2.24) is 0 Å². The van der Waals surface area contributed by atoms with Crippen molar-refractivity contribution in [3.63, 3.8) is 0 Å². The highest BCUT2D eigenvalue weighted by molar-refractivity contribution is 7.92. The molecule has 2 aliphatic rings. The fourth-order valence-electron chi connectivity index (χ4n) is 4.42. The van der Waals surface area contributed by atoms with Crippen molar-refractivity contribution in [2.24, 2.45) is 11.8 Å². The number of sulfonamides is 1. The Balaban J connectivity index is 1.65. The molecule has 0 bridgehead atoms. The van der Waals surface area contributed by atoms with Crippen molar-refractivity contribution in [1.29, 1.82) is 0 Å². The van der Waals surface area contributed by atoms with Gasteiger partial charge in [0, 0.05) is 37.7 Å². The van der Waals surface area contributed by atoms with Crippen LogP contribution in [0.3, 0.4) is 0 Å². The number of fused-ring (bicyclic) bond motifs is 1. The summed E-state index contributed by atoms with van der Waals surface area (Å²) in [4.78, 5) is 0.0494. The number of hydrogen-bond acceptors (Lipinski definition) is 5. The first kappa shape index (κ1) is 23.0. The van der Waals surface area contributed by atoms with E-state index in [0.717, 1.165) is 12.8 Å². The van der Waals surface area contributed by atoms with Gasteiger partial charge in [-0.1, -0.05) is 19.9 Å². The lowest BCUT2D eigenvalue weighted by atomic mass is 9.87. The van der Waals surface area contributed by atoms with E-state index in [1.54, 1.807) is 12.1 Å². The van der Waals surface area contributed by atoms with Crippen molar-refractivity contribution in [3.8, 4) is 5.75 Å². The summed E-state index contributed by atoms with van der Waals surface area (Å²) in [6, 6.07) is 10.2. The van der Waals surface area contributed by atoms with Crippen molar-refractivity contribution < 1.29 is 27.4 Å². The molecule has 0 aliphatic carbocycles. The van der Waals surface area contributed by atoms with E-state index in [1.807, 2.05) is 13.8 Å². The molecule has 4 rings (SSSR count). The molecule has 0 amide bonds.